The lowest BCUT2D eigenvalue weighted by Crippen LogP contribution is -2.25. The number of nitrogens with one attached hydrogen (secondary N) is 1. The number of rotatable bonds is 1. The molecule has 1 N–H and O–H groups in total. The van der Waals surface area contributed by atoms with Crippen molar-refractivity contribution in [3.63, 3.8) is 0 Å². The molecule has 0 fully saturated rings. The minimum atomic E-state index is 0.0889. The molecule has 1 heterocycles. The first-order valence-corrected chi connectivity index (χ1v) is 5.22. The third-order valence-electron chi connectivity index (χ3n) is 2.46. The summed E-state index contributed by atoms with van der Waals surface area (Å²) in [7, 11) is 1.89. The van der Waals surface area contributed by atoms with Crippen LogP contribution in [0.5, 0.6) is 5.75 Å². The standard InChI is InChI=1S/C10H11Cl2NO/c1-5-10(13-2)9-7(12)3-6(11)4-8(9)14-5/h3-5,10,13H,1-2H3. The average Bonchev–Trinajstić information content (AvgIpc) is 2.40. The fourth-order valence-electron chi connectivity index (χ4n) is 1.84. The van der Waals surface area contributed by atoms with Crippen LogP contribution < -0.4 is 10.1 Å². The summed E-state index contributed by atoms with van der Waals surface area (Å²) >= 11 is 12.0. The zero-order valence-corrected chi connectivity index (χ0v) is 9.49. The van der Waals surface area contributed by atoms with Crippen molar-refractivity contribution in [2.45, 2.75) is 19.1 Å². The Morgan fingerprint density at radius 2 is 2.07 bits per heavy atom. The van der Waals surface area contributed by atoms with Crippen LogP contribution in [-0.2, 0) is 0 Å². The van der Waals surface area contributed by atoms with Gasteiger partial charge < -0.3 is 10.1 Å². The van der Waals surface area contributed by atoms with Gasteiger partial charge in [0.05, 0.1) is 11.1 Å². The second kappa shape index (κ2) is 3.61. The van der Waals surface area contributed by atoms with Gasteiger partial charge in [0.15, 0.2) is 0 Å². The highest BCUT2D eigenvalue weighted by Crippen LogP contribution is 2.42. The van der Waals surface area contributed by atoms with Crippen LogP contribution in [0, 0.1) is 0 Å². The van der Waals surface area contributed by atoms with Crippen molar-refractivity contribution in [1.82, 2.24) is 5.32 Å². The maximum absolute atomic E-state index is 6.11. The van der Waals surface area contributed by atoms with E-state index in [-0.39, 0.29) is 12.1 Å². The Hall–Kier alpha value is -0.440. The van der Waals surface area contributed by atoms with E-state index in [4.69, 9.17) is 27.9 Å². The van der Waals surface area contributed by atoms with Crippen LogP contribution in [0.1, 0.15) is 18.5 Å². The van der Waals surface area contributed by atoms with Crippen molar-refractivity contribution in [3.8, 4) is 5.75 Å². The maximum Gasteiger partial charge on any atom is 0.127 e. The van der Waals surface area contributed by atoms with E-state index in [1.54, 1.807) is 12.1 Å². The highest BCUT2D eigenvalue weighted by Gasteiger charge is 2.32. The Labute approximate surface area is 93.2 Å². The van der Waals surface area contributed by atoms with Gasteiger partial charge in [0.2, 0.25) is 0 Å². The molecule has 2 atom stereocenters. The van der Waals surface area contributed by atoms with Crippen molar-refractivity contribution in [3.05, 3.63) is 27.7 Å². The van der Waals surface area contributed by atoms with Gasteiger partial charge in [-0.2, -0.15) is 0 Å². The Balaban J connectivity index is 2.53. The number of hydrogen-bond donors (Lipinski definition) is 1. The van der Waals surface area contributed by atoms with E-state index in [2.05, 4.69) is 5.32 Å². The van der Waals surface area contributed by atoms with Gasteiger partial charge in [-0.25, -0.2) is 0 Å². The SMILES string of the molecule is CNC1c2c(Cl)cc(Cl)cc2OC1C. The van der Waals surface area contributed by atoms with Gasteiger partial charge in [0.1, 0.15) is 11.9 Å². The molecule has 0 saturated carbocycles. The molecule has 1 aliphatic heterocycles. The topological polar surface area (TPSA) is 21.3 Å². The van der Waals surface area contributed by atoms with E-state index in [1.807, 2.05) is 14.0 Å². The molecule has 1 aliphatic rings. The Kier molecular flexibility index (Phi) is 2.60. The second-order valence-electron chi connectivity index (χ2n) is 3.39. The van der Waals surface area contributed by atoms with Gasteiger partial charge in [-0.05, 0) is 26.1 Å². The fourth-order valence-corrected chi connectivity index (χ4v) is 2.43. The van der Waals surface area contributed by atoms with E-state index in [0.29, 0.717) is 10.0 Å². The molecule has 0 aliphatic carbocycles. The number of hydrogen-bond acceptors (Lipinski definition) is 2. The van der Waals surface area contributed by atoms with Crippen molar-refractivity contribution < 1.29 is 4.74 Å². The van der Waals surface area contributed by atoms with Gasteiger partial charge in [0, 0.05) is 10.6 Å². The van der Waals surface area contributed by atoms with Gasteiger partial charge in [-0.15, -0.1) is 0 Å². The van der Waals surface area contributed by atoms with Gasteiger partial charge >= 0.3 is 0 Å². The molecular weight excluding hydrogens is 221 g/mol. The van der Waals surface area contributed by atoms with Crippen LogP contribution in [0.3, 0.4) is 0 Å². The lowest BCUT2D eigenvalue weighted by atomic mass is 10.1. The minimum absolute atomic E-state index is 0.0889. The molecule has 0 bridgehead atoms. The Morgan fingerprint density at radius 1 is 1.36 bits per heavy atom. The smallest absolute Gasteiger partial charge is 0.127 e. The van der Waals surface area contributed by atoms with Gasteiger partial charge in [-0.1, -0.05) is 23.2 Å². The predicted octanol–water partition coefficient (Wildman–Crippen LogP) is 3.03. The average molecular weight is 232 g/mol. The number of benzene rings is 1. The molecule has 0 radical (unpaired) electrons. The largest absolute Gasteiger partial charge is 0.488 e. The molecule has 2 unspecified atom stereocenters. The number of fused-ring (bicyclic) bond motifs is 1. The highest BCUT2D eigenvalue weighted by molar-refractivity contribution is 6.35. The van der Waals surface area contributed by atoms with Crippen molar-refractivity contribution >= 4 is 23.2 Å². The van der Waals surface area contributed by atoms with E-state index in [1.165, 1.54) is 0 Å². The molecule has 1 aromatic carbocycles. The molecule has 2 rings (SSSR count). The van der Waals surface area contributed by atoms with Crippen LogP contribution in [-0.4, -0.2) is 13.2 Å². The quantitative estimate of drug-likeness (QED) is 0.803. The summed E-state index contributed by atoms with van der Waals surface area (Å²) in [6.45, 7) is 2.01. The zero-order valence-electron chi connectivity index (χ0n) is 7.97. The zero-order chi connectivity index (χ0) is 10.3. The van der Waals surface area contributed by atoms with E-state index in [0.717, 1.165) is 11.3 Å². The summed E-state index contributed by atoms with van der Waals surface area (Å²) in [4.78, 5) is 0. The summed E-state index contributed by atoms with van der Waals surface area (Å²) < 4.78 is 5.64. The molecule has 76 valence electrons. The molecule has 0 amide bonds. The third-order valence-corrected chi connectivity index (χ3v) is 2.99. The lowest BCUT2D eigenvalue weighted by Gasteiger charge is -2.13. The third kappa shape index (κ3) is 1.48. The number of likely N-dealkylation sites (N-methyl/N-ethyl adjacent to an activating group) is 1. The summed E-state index contributed by atoms with van der Waals surface area (Å²) in [5.74, 6) is 0.786. The summed E-state index contributed by atoms with van der Waals surface area (Å²) in [5.41, 5.74) is 1.01. The number of ether oxygens (including phenoxy) is 1. The minimum Gasteiger partial charge on any atom is -0.488 e. The van der Waals surface area contributed by atoms with Crippen LogP contribution in [0.15, 0.2) is 12.1 Å². The van der Waals surface area contributed by atoms with Crippen LogP contribution in [0.25, 0.3) is 0 Å². The molecule has 14 heavy (non-hydrogen) atoms. The van der Waals surface area contributed by atoms with E-state index < -0.39 is 0 Å². The summed E-state index contributed by atoms with van der Waals surface area (Å²) in [6, 6.07) is 3.69. The van der Waals surface area contributed by atoms with Gasteiger partial charge in [-0.3, -0.25) is 0 Å². The summed E-state index contributed by atoms with van der Waals surface area (Å²) in [6.07, 6.45) is 0.0889. The number of halogens is 2. The fraction of sp³-hybridized carbons (Fsp3) is 0.400. The highest BCUT2D eigenvalue weighted by atomic mass is 35.5. The van der Waals surface area contributed by atoms with Crippen LogP contribution in [0.2, 0.25) is 10.0 Å². The van der Waals surface area contributed by atoms with Crippen molar-refractivity contribution in [2.75, 3.05) is 7.05 Å². The van der Waals surface area contributed by atoms with Crippen molar-refractivity contribution in [1.29, 1.82) is 0 Å². The van der Waals surface area contributed by atoms with Crippen LogP contribution >= 0.6 is 23.2 Å². The normalized spacial score (nSPS) is 24.6. The first-order valence-electron chi connectivity index (χ1n) is 4.46. The first kappa shape index (κ1) is 10.1. The van der Waals surface area contributed by atoms with E-state index >= 15 is 0 Å². The molecule has 0 spiro atoms. The van der Waals surface area contributed by atoms with Crippen molar-refractivity contribution in [2.24, 2.45) is 0 Å². The molecule has 1 aromatic rings. The van der Waals surface area contributed by atoms with Crippen LogP contribution in [0.4, 0.5) is 0 Å². The monoisotopic (exact) mass is 231 g/mol. The Bertz CT molecular complexity index is 367. The van der Waals surface area contributed by atoms with Gasteiger partial charge in [0.25, 0.3) is 0 Å². The molecule has 0 saturated heterocycles. The molecule has 2 nitrogen and oxygen atoms in total. The maximum atomic E-state index is 6.11. The molecular formula is C10H11Cl2NO. The Morgan fingerprint density at radius 3 is 2.71 bits per heavy atom. The predicted molar refractivity (Wildman–Crippen MR) is 58.4 cm³/mol. The molecule has 0 aromatic heterocycles. The lowest BCUT2D eigenvalue weighted by molar-refractivity contribution is 0.214. The molecule has 4 heteroatoms. The van der Waals surface area contributed by atoms with E-state index in [9.17, 15) is 0 Å². The second-order valence-corrected chi connectivity index (χ2v) is 4.23. The summed E-state index contributed by atoms with van der Waals surface area (Å²) in [5, 5.41) is 4.45. The first-order chi connectivity index (χ1) is 6.63.